The van der Waals surface area contributed by atoms with Crippen LogP contribution in [0.4, 0.5) is 0 Å². The van der Waals surface area contributed by atoms with E-state index >= 15 is 0 Å². The molecule has 1 aliphatic rings. The van der Waals surface area contributed by atoms with E-state index in [1.165, 1.54) is 4.88 Å². The van der Waals surface area contributed by atoms with Gasteiger partial charge < -0.3 is 9.42 Å². The summed E-state index contributed by atoms with van der Waals surface area (Å²) in [6, 6.07) is 7.37. The molecular formula is C21H23ClN4O2S. The van der Waals surface area contributed by atoms with Crippen molar-refractivity contribution in [3.8, 4) is 11.3 Å². The maximum Gasteiger partial charge on any atom is 0.259 e. The Kier molecular flexibility index (Phi) is 5.72. The van der Waals surface area contributed by atoms with Crippen LogP contribution in [-0.4, -0.2) is 52.0 Å². The van der Waals surface area contributed by atoms with Crippen molar-refractivity contribution in [2.45, 2.75) is 27.3 Å². The Hall–Kier alpha value is -2.22. The van der Waals surface area contributed by atoms with Crippen molar-refractivity contribution >= 4 is 28.8 Å². The first-order valence-corrected chi connectivity index (χ1v) is 10.8. The van der Waals surface area contributed by atoms with Crippen molar-refractivity contribution in [2.75, 3.05) is 26.2 Å². The first kappa shape index (κ1) is 20.1. The summed E-state index contributed by atoms with van der Waals surface area (Å²) in [6.07, 6.45) is 0. The van der Waals surface area contributed by atoms with E-state index in [1.54, 1.807) is 24.3 Å². The Bertz CT molecular complexity index is 1020. The highest BCUT2D eigenvalue weighted by atomic mass is 35.5. The molecule has 0 spiro atoms. The van der Waals surface area contributed by atoms with Crippen molar-refractivity contribution < 1.29 is 9.32 Å². The molecule has 1 saturated heterocycles. The molecule has 0 aliphatic carbocycles. The van der Waals surface area contributed by atoms with Crippen LogP contribution in [0.2, 0.25) is 5.02 Å². The SMILES string of the molecule is Cc1nc(CN2CCN(C(=O)c3c(-c4ccccc4Cl)noc3C)CC2)sc1C. The van der Waals surface area contributed by atoms with Crippen LogP contribution >= 0.6 is 22.9 Å². The van der Waals surface area contributed by atoms with Crippen molar-refractivity contribution in [1.82, 2.24) is 19.9 Å². The van der Waals surface area contributed by atoms with Crippen molar-refractivity contribution in [2.24, 2.45) is 0 Å². The largest absolute Gasteiger partial charge is 0.360 e. The van der Waals surface area contributed by atoms with Gasteiger partial charge in [-0.2, -0.15) is 0 Å². The van der Waals surface area contributed by atoms with Crippen LogP contribution in [0.1, 0.15) is 31.7 Å². The molecule has 152 valence electrons. The monoisotopic (exact) mass is 430 g/mol. The minimum atomic E-state index is -0.0562. The lowest BCUT2D eigenvalue weighted by molar-refractivity contribution is 0.0627. The van der Waals surface area contributed by atoms with Crippen molar-refractivity contribution in [3.63, 3.8) is 0 Å². The average Bonchev–Trinajstić information content (AvgIpc) is 3.24. The second-order valence-electron chi connectivity index (χ2n) is 7.26. The molecule has 1 aromatic carbocycles. The zero-order valence-electron chi connectivity index (χ0n) is 16.7. The molecule has 1 fully saturated rings. The summed E-state index contributed by atoms with van der Waals surface area (Å²) in [5.74, 6) is 0.459. The van der Waals surface area contributed by atoms with E-state index in [0.29, 0.717) is 40.7 Å². The van der Waals surface area contributed by atoms with E-state index in [-0.39, 0.29) is 5.91 Å². The molecule has 0 unspecified atom stereocenters. The number of aryl methyl sites for hydroxylation is 3. The average molecular weight is 431 g/mol. The summed E-state index contributed by atoms with van der Waals surface area (Å²) in [5.41, 5.74) is 2.82. The van der Waals surface area contributed by atoms with Crippen molar-refractivity contribution in [1.29, 1.82) is 0 Å². The smallest absolute Gasteiger partial charge is 0.259 e. The normalized spacial score (nSPS) is 15.1. The maximum atomic E-state index is 13.3. The number of nitrogens with zero attached hydrogens (tertiary/aromatic N) is 4. The highest BCUT2D eigenvalue weighted by molar-refractivity contribution is 7.11. The van der Waals surface area contributed by atoms with Crippen LogP contribution in [0.3, 0.4) is 0 Å². The quantitative estimate of drug-likeness (QED) is 0.616. The van der Waals surface area contributed by atoms with Gasteiger partial charge in [-0.1, -0.05) is 35.0 Å². The van der Waals surface area contributed by atoms with E-state index in [2.05, 4.69) is 22.0 Å². The molecule has 0 atom stereocenters. The predicted molar refractivity (Wildman–Crippen MR) is 114 cm³/mol. The zero-order valence-corrected chi connectivity index (χ0v) is 18.3. The summed E-state index contributed by atoms with van der Waals surface area (Å²) in [4.78, 5) is 23.4. The van der Waals surface area contributed by atoms with Gasteiger partial charge in [0, 0.05) is 36.6 Å². The predicted octanol–water partition coefficient (Wildman–Crippen LogP) is 4.33. The summed E-state index contributed by atoms with van der Waals surface area (Å²) < 4.78 is 5.36. The van der Waals surface area contributed by atoms with E-state index in [4.69, 9.17) is 16.1 Å². The molecule has 29 heavy (non-hydrogen) atoms. The van der Waals surface area contributed by atoms with E-state index in [9.17, 15) is 4.79 Å². The van der Waals surface area contributed by atoms with Gasteiger partial charge in [-0.3, -0.25) is 9.69 Å². The number of halogens is 1. The van der Waals surface area contributed by atoms with Gasteiger partial charge in [-0.05, 0) is 26.8 Å². The first-order valence-electron chi connectivity index (χ1n) is 9.59. The lowest BCUT2D eigenvalue weighted by atomic mass is 10.0. The number of benzene rings is 1. The Labute approximate surface area is 179 Å². The minimum absolute atomic E-state index is 0.0562. The summed E-state index contributed by atoms with van der Waals surface area (Å²) in [6.45, 7) is 9.70. The molecule has 0 radical (unpaired) electrons. The fraction of sp³-hybridized carbons (Fsp3) is 0.381. The molecule has 4 rings (SSSR count). The topological polar surface area (TPSA) is 62.5 Å². The van der Waals surface area contributed by atoms with Gasteiger partial charge in [-0.15, -0.1) is 11.3 Å². The van der Waals surface area contributed by atoms with Gasteiger partial charge in [0.25, 0.3) is 5.91 Å². The van der Waals surface area contributed by atoms with Gasteiger partial charge >= 0.3 is 0 Å². The van der Waals surface area contributed by atoms with E-state index in [0.717, 1.165) is 30.3 Å². The summed E-state index contributed by atoms with van der Waals surface area (Å²) in [5, 5.41) is 5.80. The number of amides is 1. The number of aromatic nitrogens is 2. The molecule has 6 nitrogen and oxygen atoms in total. The van der Waals surface area contributed by atoms with Gasteiger partial charge in [0.2, 0.25) is 0 Å². The summed E-state index contributed by atoms with van der Waals surface area (Å²) in [7, 11) is 0. The molecule has 1 amide bonds. The molecule has 0 saturated carbocycles. The summed E-state index contributed by atoms with van der Waals surface area (Å²) >= 11 is 8.07. The van der Waals surface area contributed by atoms with Crippen LogP contribution in [0.15, 0.2) is 28.8 Å². The van der Waals surface area contributed by atoms with Crippen LogP contribution in [-0.2, 0) is 6.54 Å². The number of thiazole rings is 1. The molecule has 0 bridgehead atoms. The van der Waals surface area contributed by atoms with E-state index in [1.807, 2.05) is 30.0 Å². The number of piperazine rings is 1. The standard InChI is InChI=1S/C21H23ClN4O2S/c1-13-15(3)29-18(23-13)12-25-8-10-26(11-9-25)21(27)19-14(2)28-24-20(19)16-6-4-5-7-17(16)22/h4-7H,8-12H2,1-3H3. The number of hydrogen-bond donors (Lipinski definition) is 0. The number of carbonyl (C=O) groups excluding carboxylic acids is 1. The fourth-order valence-corrected chi connectivity index (χ4v) is 4.73. The van der Waals surface area contributed by atoms with E-state index < -0.39 is 0 Å². The first-order chi connectivity index (χ1) is 13.9. The number of carbonyl (C=O) groups is 1. The third-order valence-electron chi connectivity index (χ3n) is 5.30. The van der Waals surface area contributed by atoms with Crippen LogP contribution in [0.25, 0.3) is 11.3 Å². The second-order valence-corrected chi connectivity index (χ2v) is 8.95. The molecule has 8 heteroatoms. The Morgan fingerprint density at radius 3 is 2.55 bits per heavy atom. The Balaban J connectivity index is 1.47. The minimum Gasteiger partial charge on any atom is -0.360 e. The third kappa shape index (κ3) is 4.08. The second kappa shape index (κ2) is 8.26. The Morgan fingerprint density at radius 2 is 1.90 bits per heavy atom. The highest BCUT2D eigenvalue weighted by Crippen LogP contribution is 2.32. The lowest BCUT2D eigenvalue weighted by Crippen LogP contribution is -2.48. The van der Waals surface area contributed by atoms with Gasteiger partial charge in [0.05, 0.1) is 17.3 Å². The maximum absolute atomic E-state index is 13.3. The number of hydrogen-bond acceptors (Lipinski definition) is 6. The highest BCUT2D eigenvalue weighted by Gasteiger charge is 2.29. The Morgan fingerprint density at radius 1 is 1.17 bits per heavy atom. The zero-order chi connectivity index (χ0) is 20.5. The van der Waals surface area contributed by atoms with Crippen LogP contribution in [0, 0.1) is 20.8 Å². The molecule has 0 N–H and O–H groups in total. The van der Waals surface area contributed by atoms with Crippen LogP contribution in [0.5, 0.6) is 0 Å². The van der Waals surface area contributed by atoms with Gasteiger partial charge in [0.1, 0.15) is 22.0 Å². The lowest BCUT2D eigenvalue weighted by Gasteiger charge is -2.34. The molecule has 3 aromatic rings. The fourth-order valence-electron chi connectivity index (χ4n) is 3.53. The van der Waals surface area contributed by atoms with Gasteiger partial charge in [-0.25, -0.2) is 4.98 Å². The van der Waals surface area contributed by atoms with Crippen LogP contribution < -0.4 is 0 Å². The molecular weight excluding hydrogens is 408 g/mol. The van der Waals surface area contributed by atoms with Gasteiger partial charge in [0.15, 0.2) is 0 Å². The molecule has 1 aliphatic heterocycles. The van der Waals surface area contributed by atoms with Crippen molar-refractivity contribution in [3.05, 3.63) is 56.2 Å². The third-order valence-corrected chi connectivity index (χ3v) is 6.68. The molecule has 2 aromatic heterocycles. The number of rotatable bonds is 4. The molecule has 3 heterocycles.